The van der Waals surface area contributed by atoms with E-state index in [2.05, 4.69) is 11.6 Å². The van der Waals surface area contributed by atoms with Crippen LogP contribution in [0.5, 0.6) is 5.75 Å². The maximum atomic E-state index is 11.8. The Bertz CT molecular complexity index is 337. The number of ether oxygens (including phenoxy) is 1. The van der Waals surface area contributed by atoms with E-state index in [-0.39, 0.29) is 4.75 Å². The summed E-state index contributed by atoms with van der Waals surface area (Å²) in [5, 5.41) is 0. The molecule has 0 fully saturated rings. The molecule has 0 amide bonds. The zero-order valence-corrected chi connectivity index (χ0v) is 12.4. The van der Waals surface area contributed by atoms with Crippen LogP contribution in [0.25, 0.3) is 0 Å². The summed E-state index contributed by atoms with van der Waals surface area (Å²) in [6, 6.07) is 9.74. The fraction of sp³-hybridized carbons (Fsp3) is 0.571. The maximum Gasteiger partial charge on any atom is 0.136 e. The second-order valence-corrected chi connectivity index (χ2v) is 7.51. The van der Waals surface area contributed by atoms with E-state index in [1.165, 1.54) is 0 Å². The van der Waals surface area contributed by atoms with Gasteiger partial charge in [-0.25, -0.2) is 0 Å². The quantitative estimate of drug-likeness (QED) is 0.808. The van der Waals surface area contributed by atoms with Gasteiger partial charge in [-0.3, -0.25) is 0 Å². The van der Waals surface area contributed by atoms with Crippen LogP contribution < -0.4 is 9.46 Å². The Morgan fingerprint density at radius 3 is 2.44 bits per heavy atom. The van der Waals surface area contributed by atoms with Gasteiger partial charge in [0.15, 0.2) is 0 Å². The molecule has 1 rings (SSSR count). The van der Waals surface area contributed by atoms with Crippen molar-refractivity contribution >= 4 is 11.4 Å². The first-order chi connectivity index (χ1) is 8.39. The van der Waals surface area contributed by atoms with Gasteiger partial charge in [0.25, 0.3) is 0 Å². The van der Waals surface area contributed by atoms with E-state index in [9.17, 15) is 4.55 Å². The first kappa shape index (κ1) is 15.3. The summed E-state index contributed by atoms with van der Waals surface area (Å²) in [7, 11) is 0. The van der Waals surface area contributed by atoms with Crippen molar-refractivity contribution in [1.29, 1.82) is 0 Å². The van der Waals surface area contributed by atoms with Crippen molar-refractivity contribution in [3.05, 3.63) is 30.3 Å². The Hall–Kier alpha value is -0.710. The van der Waals surface area contributed by atoms with Gasteiger partial charge in [0, 0.05) is 23.8 Å². The van der Waals surface area contributed by atoms with Gasteiger partial charge in [0.05, 0.1) is 6.61 Å². The van der Waals surface area contributed by atoms with E-state index in [4.69, 9.17) is 4.74 Å². The SMILES string of the molecule is C[C@@H](CN[S@+]([O-])C(C)(C)C)COc1ccccc1. The van der Waals surface area contributed by atoms with Crippen LogP contribution in [0.3, 0.4) is 0 Å². The Morgan fingerprint density at radius 1 is 1.28 bits per heavy atom. The Labute approximate surface area is 113 Å². The highest BCUT2D eigenvalue weighted by molar-refractivity contribution is 7.90. The minimum Gasteiger partial charge on any atom is -0.598 e. The molecule has 0 aromatic heterocycles. The van der Waals surface area contributed by atoms with E-state index < -0.39 is 11.4 Å². The zero-order chi connectivity index (χ0) is 13.6. The molecule has 0 bridgehead atoms. The van der Waals surface area contributed by atoms with Gasteiger partial charge >= 0.3 is 0 Å². The Balaban J connectivity index is 2.24. The molecule has 0 spiro atoms. The average molecular weight is 269 g/mol. The van der Waals surface area contributed by atoms with Gasteiger partial charge in [-0.1, -0.05) is 25.1 Å². The van der Waals surface area contributed by atoms with Gasteiger partial charge in [-0.05, 0) is 32.9 Å². The molecular weight excluding hydrogens is 246 g/mol. The molecular formula is C14H23NO2S. The van der Waals surface area contributed by atoms with Crippen LogP contribution in [-0.4, -0.2) is 22.5 Å². The number of hydrogen-bond acceptors (Lipinski definition) is 3. The van der Waals surface area contributed by atoms with Crippen LogP contribution >= 0.6 is 0 Å². The third kappa shape index (κ3) is 5.76. The van der Waals surface area contributed by atoms with Gasteiger partial charge in [-0.15, -0.1) is 4.72 Å². The first-order valence-electron chi connectivity index (χ1n) is 6.23. The van der Waals surface area contributed by atoms with Crippen molar-refractivity contribution < 1.29 is 9.29 Å². The largest absolute Gasteiger partial charge is 0.598 e. The predicted octanol–water partition coefficient (Wildman–Crippen LogP) is 2.75. The molecule has 3 nitrogen and oxygen atoms in total. The highest BCUT2D eigenvalue weighted by atomic mass is 32.2. The summed E-state index contributed by atoms with van der Waals surface area (Å²) in [6.45, 7) is 9.27. The molecule has 18 heavy (non-hydrogen) atoms. The van der Waals surface area contributed by atoms with Crippen LogP contribution in [0, 0.1) is 5.92 Å². The molecule has 1 aromatic carbocycles. The molecule has 0 radical (unpaired) electrons. The van der Waals surface area contributed by atoms with Gasteiger partial charge in [0.1, 0.15) is 10.5 Å². The third-order valence-corrected chi connectivity index (χ3v) is 3.94. The summed E-state index contributed by atoms with van der Waals surface area (Å²) in [6.07, 6.45) is 0. The summed E-state index contributed by atoms with van der Waals surface area (Å²) in [5.41, 5.74) is 0. The molecule has 1 aromatic rings. The van der Waals surface area contributed by atoms with Gasteiger partial charge in [-0.2, -0.15) is 0 Å². The summed E-state index contributed by atoms with van der Waals surface area (Å²) >= 11 is -1.01. The van der Waals surface area contributed by atoms with Crippen molar-refractivity contribution in [2.45, 2.75) is 32.4 Å². The highest BCUT2D eigenvalue weighted by Gasteiger charge is 2.26. The third-order valence-electron chi connectivity index (χ3n) is 2.40. The van der Waals surface area contributed by atoms with Crippen molar-refractivity contribution in [1.82, 2.24) is 4.72 Å². The van der Waals surface area contributed by atoms with Crippen LogP contribution in [0.15, 0.2) is 30.3 Å². The fourth-order valence-corrected chi connectivity index (χ4v) is 2.12. The lowest BCUT2D eigenvalue weighted by Crippen LogP contribution is -2.41. The maximum absolute atomic E-state index is 11.8. The zero-order valence-electron chi connectivity index (χ0n) is 11.6. The van der Waals surface area contributed by atoms with E-state index in [0.717, 1.165) is 5.75 Å². The lowest BCUT2D eigenvalue weighted by molar-refractivity contribution is 0.260. The monoisotopic (exact) mass is 269 g/mol. The summed E-state index contributed by atoms with van der Waals surface area (Å²) in [4.78, 5) is 0. The minimum absolute atomic E-state index is 0.222. The number of benzene rings is 1. The highest BCUT2D eigenvalue weighted by Crippen LogP contribution is 2.14. The molecule has 0 heterocycles. The molecule has 4 heteroatoms. The normalized spacial score (nSPS) is 15.2. The summed E-state index contributed by atoms with van der Waals surface area (Å²) in [5.74, 6) is 1.19. The van der Waals surface area contributed by atoms with E-state index in [0.29, 0.717) is 19.1 Å². The average Bonchev–Trinajstić information content (AvgIpc) is 2.33. The molecule has 0 aliphatic rings. The molecule has 0 saturated heterocycles. The Kier molecular flexibility index (Phi) is 5.99. The smallest absolute Gasteiger partial charge is 0.136 e. The number of hydrogen-bond donors (Lipinski definition) is 1. The van der Waals surface area contributed by atoms with E-state index >= 15 is 0 Å². The molecule has 2 atom stereocenters. The lowest BCUT2D eigenvalue weighted by Gasteiger charge is -2.24. The second-order valence-electron chi connectivity index (χ2n) is 5.46. The fourth-order valence-electron chi connectivity index (χ4n) is 1.25. The standard InChI is InChI=1S/C14H23NO2S/c1-12(10-15-18(16)14(2,3)4)11-17-13-8-6-5-7-9-13/h5-9,12,15H,10-11H2,1-4H3/t12-,18+/m0/s1. The van der Waals surface area contributed by atoms with Crippen LogP contribution in [0.1, 0.15) is 27.7 Å². The molecule has 0 aliphatic carbocycles. The van der Waals surface area contributed by atoms with Crippen LogP contribution in [0.2, 0.25) is 0 Å². The molecule has 1 N–H and O–H groups in total. The Morgan fingerprint density at radius 2 is 1.89 bits per heavy atom. The number of para-hydroxylation sites is 1. The molecule has 102 valence electrons. The van der Waals surface area contributed by atoms with Crippen molar-refractivity contribution in [3.8, 4) is 5.75 Å². The first-order valence-corrected chi connectivity index (χ1v) is 7.38. The van der Waals surface area contributed by atoms with Crippen LogP contribution in [-0.2, 0) is 11.4 Å². The minimum atomic E-state index is -1.01. The van der Waals surface area contributed by atoms with Gasteiger partial charge < -0.3 is 9.29 Å². The number of nitrogens with one attached hydrogen (secondary N) is 1. The lowest BCUT2D eigenvalue weighted by atomic mass is 10.2. The van der Waals surface area contributed by atoms with Crippen molar-refractivity contribution in [3.63, 3.8) is 0 Å². The van der Waals surface area contributed by atoms with E-state index in [1.54, 1.807) is 0 Å². The molecule has 0 unspecified atom stereocenters. The van der Waals surface area contributed by atoms with Crippen LogP contribution in [0.4, 0.5) is 0 Å². The van der Waals surface area contributed by atoms with Crippen molar-refractivity contribution in [2.24, 2.45) is 5.92 Å². The number of rotatable bonds is 6. The van der Waals surface area contributed by atoms with Crippen molar-refractivity contribution in [2.75, 3.05) is 13.2 Å². The topological polar surface area (TPSA) is 44.3 Å². The summed E-state index contributed by atoms with van der Waals surface area (Å²) < 4.78 is 20.3. The second kappa shape index (κ2) is 7.02. The van der Waals surface area contributed by atoms with E-state index in [1.807, 2.05) is 51.1 Å². The molecule has 0 aliphatic heterocycles. The predicted molar refractivity (Wildman–Crippen MR) is 77.0 cm³/mol. The van der Waals surface area contributed by atoms with Gasteiger partial charge in [0.2, 0.25) is 0 Å². The molecule has 0 saturated carbocycles.